The quantitative estimate of drug-likeness (QED) is 0.686. The molecule has 3 nitrogen and oxygen atoms in total. The number of rotatable bonds is 0. The van der Waals surface area contributed by atoms with Crippen molar-refractivity contribution in [3.63, 3.8) is 0 Å². The molecule has 0 amide bonds. The fraction of sp³-hybridized carbons (Fsp3) is 1.00. The zero-order chi connectivity index (χ0) is 11.7. The van der Waals surface area contributed by atoms with Crippen molar-refractivity contribution < 1.29 is 33.0 Å². The van der Waals surface area contributed by atoms with Gasteiger partial charge in [0.25, 0.3) is 0 Å². The van der Waals surface area contributed by atoms with E-state index < -0.39 is 5.60 Å². The Morgan fingerprint density at radius 2 is 1.00 bits per heavy atom. The molecular weight excluding hydrogens is 323 g/mol. The Bertz CT molecular complexity index is 105. The Morgan fingerprint density at radius 3 is 1.00 bits per heavy atom. The van der Waals surface area contributed by atoms with E-state index >= 15 is 0 Å². The third-order valence-corrected chi connectivity index (χ3v) is 0.612. The summed E-state index contributed by atoms with van der Waals surface area (Å²) in [6.45, 7) is 11.3. The van der Waals surface area contributed by atoms with Crippen molar-refractivity contribution in [1.82, 2.24) is 0 Å². The van der Waals surface area contributed by atoms with Crippen LogP contribution in [-0.2, 0) is 27.9 Å². The van der Waals surface area contributed by atoms with Crippen LogP contribution in [-0.4, -0.2) is 23.4 Å². The van der Waals surface area contributed by atoms with E-state index in [-0.39, 0.29) is 30.4 Å². The summed E-state index contributed by atoms with van der Waals surface area (Å²) in [7, 11) is 1.71. The number of halogens is 2. The van der Waals surface area contributed by atoms with E-state index in [2.05, 4.69) is 0 Å². The van der Waals surface area contributed by atoms with E-state index in [1.807, 2.05) is 20.8 Å². The molecule has 0 spiro atoms. The average molecular weight is 347 g/mol. The van der Waals surface area contributed by atoms with E-state index in [1.165, 1.54) is 0 Å². The molecule has 0 saturated carbocycles. The minimum atomic E-state index is -0.500. The summed E-state index contributed by atoms with van der Waals surface area (Å²) < 4.78 is 13.2. The normalized spacial score (nSPS) is 9.07. The molecule has 0 heterocycles. The second-order valence-electron chi connectivity index (χ2n) is 4.49. The molecule has 0 aliphatic carbocycles. The van der Waals surface area contributed by atoms with Crippen molar-refractivity contribution in [1.29, 1.82) is 0 Å². The van der Waals surface area contributed by atoms with Gasteiger partial charge < -0.3 is 9.84 Å². The standard InChI is InChI=1S/C5H12O.C4H10O.2ClH.Mo.O/c1-5(2,3)6-4;1-4(2,3)5;;;;/h1-4H3;5H,1-3H3;2*1H;;. The van der Waals surface area contributed by atoms with Gasteiger partial charge in [-0.15, -0.1) is 24.8 Å². The zero-order valence-electron chi connectivity index (χ0n) is 10.5. The molecule has 0 fully saturated rings. The van der Waals surface area contributed by atoms with Crippen LogP contribution in [0.1, 0.15) is 41.5 Å². The number of ether oxygens (including phenoxy) is 1. The summed E-state index contributed by atoms with van der Waals surface area (Å²) in [5.41, 5.74) is -0.458. The van der Waals surface area contributed by atoms with Gasteiger partial charge in [-0.05, 0) is 41.5 Å². The molecular formula is C9H24Cl2MoO3. The van der Waals surface area contributed by atoms with E-state index in [9.17, 15) is 0 Å². The number of hydrogen-bond donors (Lipinski definition) is 1. The summed E-state index contributed by atoms with van der Waals surface area (Å²) in [5.74, 6) is 0. The van der Waals surface area contributed by atoms with Gasteiger partial charge in [0, 0.05) is 7.11 Å². The Labute approximate surface area is 117 Å². The van der Waals surface area contributed by atoms with Gasteiger partial charge in [-0.25, -0.2) is 0 Å². The zero-order valence-corrected chi connectivity index (χ0v) is 14.1. The van der Waals surface area contributed by atoms with E-state index in [0.717, 1.165) is 0 Å². The molecule has 0 aromatic carbocycles. The average Bonchev–Trinajstić information content (AvgIpc) is 1.87. The predicted molar refractivity (Wildman–Crippen MR) is 63.9 cm³/mol. The molecule has 0 aromatic heterocycles. The second-order valence-corrected chi connectivity index (χ2v) is 4.49. The van der Waals surface area contributed by atoms with Crippen molar-refractivity contribution >= 4 is 24.8 Å². The minimum absolute atomic E-state index is 0. The molecule has 0 aliphatic rings. The molecule has 98 valence electrons. The van der Waals surface area contributed by atoms with Crippen LogP contribution in [0.2, 0.25) is 0 Å². The van der Waals surface area contributed by atoms with Gasteiger partial charge in [0.2, 0.25) is 0 Å². The first kappa shape index (κ1) is 29.7. The van der Waals surface area contributed by atoms with E-state index in [1.54, 1.807) is 27.9 Å². The number of hydrogen-bond acceptors (Lipinski definition) is 3. The summed E-state index contributed by atoms with van der Waals surface area (Å²) in [5, 5.41) is 8.52. The van der Waals surface area contributed by atoms with Crippen LogP contribution in [0.25, 0.3) is 0 Å². The van der Waals surface area contributed by atoms with Crippen molar-refractivity contribution in [3.05, 3.63) is 0 Å². The van der Waals surface area contributed by atoms with Gasteiger partial charge in [0.05, 0.1) is 11.2 Å². The van der Waals surface area contributed by atoms with Crippen LogP contribution in [0.5, 0.6) is 0 Å². The Hall–Kier alpha value is 0.988. The van der Waals surface area contributed by atoms with Crippen molar-refractivity contribution in [2.45, 2.75) is 52.7 Å². The van der Waals surface area contributed by atoms with E-state index in [4.69, 9.17) is 13.2 Å². The van der Waals surface area contributed by atoms with Gasteiger partial charge in [0.1, 0.15) is 0 Å². The van der Waals surface area contributed by atoms with Crippen LogP contribution in [0.4, 0.5) is 0 Å². The predicted octanol–water partition coefficient (Wildman–Crippen LogP) is 2.93. The Kier molecular flexibility index (Phi) is 29.7. The molecule has 0 unspecified atom stereocenters. The summed E-state index contributed by atoms with van der Waals surface area (Å²) >= 11 is 0.700. The molecule has 0 radical (unpaired) electrons. The first-order valence-electron chi connectivity index (χ1n) is 4.00. The third-order valence-electron chi connectivity index (χ3n) is 0.612. The molecule has 6 heteroatoms. The first-order chi connectivity index (χ1) is 5.56. The van der Waals surface area contributed by atoms with Gasteiger partial charge in [0.15, 0.2) is 0 Å². The molecule has 0 aliphatic heterocycles. The van der Waals surface area contributed by atoms with Gasteiger partial charge in [-0.1, -0.05) is 0 Å². The number of methoxy groups -OCH3 is 1. The van der Waals surface area contributed by atoms with Crippen LogP contribution >= 0.6 is 24.8 Å². The SMILES string of the molecule is CC(C)(C)O.COC(C)(C)C.Cl.Cl.[O]=[Mo]. The van der Waals surface area contributed by atoms with Gasteiger partial charge in [-0.3, -0.25) is 0 Å². The summed E-state index contributed by atoms with van der Waals surface area (Å²) in [4.78, 5) is 0. The maximum absolute atomic E-state index is 8.52. The molecule has 15 heavy (non-hydrogen) atoms. The van der Waals surface area contributed by atoms with Crippen LogP contribution < -0.4 is 0 Å². The third kappa shape index (κ3) is 159. The summed E-state index contributed by atoms with van der Waals surface area (Å²) in [6, 6.07) is 0. The molecule has 0 atom stereocenters. The molecule has 0 bridgehead atoms. The van der Waals surface area contributed by atoms with E-state index in [0.29, 0.717) is 19.8 Å². The fourth-order valence-electron chi connectivity index (χ4n) is 0. The monoisotopic (exact) mass is 348 g/mol. The van der Waals surface area contributed by atoms with Crippen molar-refractivity contribution in [2.24, 2.45) is 0 Å². The molecule has 0 saturated heterocycles. The van der Waals surface area contributed by atoms with Gasteiger partial charge >= 0.3 is 23.2 Å². The Morgan fingerprint density at radius 1 is 0.933 bits per heavy atom. The maximum atomic E-state index is 8.52. The van der Waals surface area contributed by atoms with Crippen molar-refractivity contribution in [2.75, 3.05) is 7.11 Å². The van der Waals surface area contributed by atoms with Crippen molar-refractivity contribution in [3.8, 4) is 0 Å². The number of aliphatic hydroxyl groups is 1. The Balaban J connectivity index is -0.0000000344. The molecule has 0 aromatic rings. The van der Waals surface area contributed by atoms with Crippen LogP contribution in [0.3, 0.4) is 0 Å². The molecule has 0 rings (SSSR count). The topological polar surface area (TPSA) is 46.5 Å². The second kappa shape index (κ2) is 15.0. The molecule has 1 N–H and O–H groups in total. The fourth-order valence-corrected chi connectivity index (χ4v) is 0. The van der Waals surface area contributed by atoms with Crippen LogP contribution in [0.15, 0.2) is 0 Å². The summed E-state index contributed by atoms with van der Waals surface area (Å²) in [6.07, 6.45) is 0. The van der Waals surface area contributed by atoms with Crippen LogP contribution in [0, 0.1) is 0 Å². The first-order valence-corrected chi connectivity index (χ1v) is 4.82. The van der Waals surface area contributed by atoms with Gasteiger partial charge in [-0.2, -0.15) is 0 Å².